The summed E-state index contributed by atoms with van der Waals surface area (Å²) in [5, 5.41) is 5.55. The van der Waals surface area contributed by atoms with Gasteiger partial charge < -0.3 is 5.32 Å². The molecule has 0 unspecified atom stereocenters. The molecule has 2 nitrogen and oxygen atoms in total. The first-order valence-corrected chi connectivity index (χ1v) is 7.52. The number of para-hydroxylation sites is 1. The van der Waals surface area contributed by atoms with Gasteiger partial charge in [0.1, 0.15) is 5.82 Å². The Labute approximate surface area is 133 Å². The van der Waals surface area contributed by atoms with E-state index in [0.717, 1.165) is 33.2 Å². The van der Waals surface area contributed by atoms with Gasteiger partial charge in [-0.15, -0.1) is 0 Å². The van der Waals surface area contributed by atoms with Crippen LogP contribution in [0.3, 0.4) is 0 Å². The number of aromatic nitrogens is 1. The lowest BCUT2D eigenvalue weighted by Crippen LogP contribution is -1.95. The molecule has 1 aromatic heterocycles. The Bertz CT molecular complexity index is 1010. The van der Waals surface area contributed by atoms with Gasteiger partial charge in [-0.1, -0.05) is 29.8 Å². The van der Waals surface area contributed by atoms with Gasteiger partial charge in [-0.25, -0.2) is 9.37 Å². The van der Waals surface area contributed by atoms with E-state index >= 15 is 0 Å². The molecule has 0 saturated heterocycles. The third kappa shape index (κ3) is 2.50. The average molecular weight is 302 g/mol. The molecule has 4 aromatic rings. The van der Waals surface area contributed by atoms with Gasteiger partial charge in [0.2, 0.25) is 0 Å². The van der Waals surface area contributed by atoms with E-state index in [1.807, 2.05) is 24.3 Å². The number of aryl methyl sites for hydroxylation is 1. The Morgan fingerprint density at radius 1 is 0.826 bits per heavy atom. The summed E-state index contributed by atoms with van der Waals surface area (Å²) in [6, 6.07) is 20.7. The van der Waals surface area contributed by atoms with Gasteiger partial charge in [-0.2, -0.15) is 0 Å². The Morgan fingerprint density at radius 2 is 1.57 bits per heavy atom. The number of halogens is 1. The van der Waals surface area contributed by atoms with E-state index in [-0.39, 0.29) is 5.82 Å². The minimum atomic E-state index is -0.240. The second-order valence-electron chi connectivity index (χ2n) is 5.66. The summed E-state index contributed by atoms with van der Waals surface area (Å²) in [6.07, 6.45) is 0. The fourth-order valence-electron chi connectivity index (χ4n) is 2.82. The molecule has 0 amide bonds. The highest BCUT2D eigenvalue weighted by Gasteiger charge is 2.09. The first-order valence-electron chi connectivity index (χ1n) is 7.52. The Morgan fingerprint density at radius 3 is 2.39 bits per heavy atom. The normalized spacial score (nSPS) is 11.0. The Balaban J connectivity index is 1.99. The predicted molar refractivity (Wildman–Crippen MR) is 93.7 cm³/mol. The van der Waals surface area contributed by atoms with Crippen molar-refractivity contribution in [3.63, 3.8) is 0 Å². The molecule has 1 heterocycles. The van der Waals surface area contributed by atoms with E-state index in [0.29, 0.717) is 0 Å². The molecule has 0 aliphatic heterocycles. The van der Waals surface area contributed by atoms with E-state index in [2.05, 4.69) is 30.4 Å². The monoisotopic (exact) mass is 302 g/mol. The zero-order chi connectivity index (χ0) is 15.8. The van der Waals surface area contributed by atoms with Crippen LogP contribution in [-0.4, -0.2) is 4.98 Å². The fraction of sp³-hybridized carbons (Fsp3) is 0.0500. The van der Waals surface area contributed by atoms with Gasteiger partial charge in [0.05, 0.1) is 16.7 Å². The maximum Gasteiger partial charge on any atom is 0.123 e. The average Bonchev–Trinajstić information content (AvgIpc) is 2.57. The zero-order valence-electron chi connectivity index (χ0n) is 12.7. The minimum absolute atomic E-state index is 0.240. The van der Waals surface area contributed by atoms with Crippen molar-refractivity contribution in [3.05, 3.63) is 78.1 Å². The van der Waals surface area contributed by atoms with Crippen molar-refractivity contribution in [1.82, 2.24) is 4.98 Å². The summed E-state index contributed by atoms with van der Waals surface area (Å²) in [4.78, 5) is 4.74. The number of hydrogen-bond donors (Lipinski definition) is 1. The number of pyridine rings is 1. The first-order chi connectivity index (χ1) is 11.2. The number of benzene rings is 3. The summed E-state index contributed by atoms with van der Waals surface area (Å²) in [6.45, 7) is 2.07. The molecule has 0 fully saturated rings. The molecule has 0 spiro atoms. The smallest absolute Gasteiger partial charge is 0.123 e. The fourth-order valence-corrected chi connectivity index (χ4v) is 2.82. The van der Waals surface area contributed by atoms with Crippen molar-refractivity contribution in [3.8, 4) is 0 Å². The van der Waals surface area contributed by atoms with E-state index < -0.39 is 0 Å². The molecule has 4 rings (SSSR count). The highest BCUT2D eigenvalue weighted by Crippen LogP contribution is 2.33. The van der Waals surface area contributed by atoms with Gasteiger partial charge >= 0.3 is 0 Å². The number of hydrogen-bond acceptors (Lipinski definition) is 2. The molecule has 1 N–H and O–H groups in total. The lowest BCUT2D eigenvalue weighted by atomic mass is 10.1. The first kappa shape index (κ1) is 13.7. The van der Waals surface area contributed by atoms with Crippen LogP contribution in [0.1, 0.15) is 5.56 Å². The van der Waals surface area contributed by atoms with Crippen molar-refractivity contribution in [2.45, 2.75) is 6.92 Å². The largest absolute Gasteiger partial charge is 0.354 e. The summed E-state index contributed by atoms with van der Waals surface area (Å²) in [7, 11) is 0. The van der Waals surface area contributed by atoms with Crippen LogP contribution in [-0.2, 0) is 0 Å². The van der Waals surface area contributed by atoms with Crippen molar-refractivity contribution in [2.24, 2.45) is 0 Å². The molecular formula is C20H15FN2. The lowest BCUT2D eigenvalue weighted by molar-refractivity contribution is 0.628. The van der Waals surface area contributed by atoms with Gasteiger partial charge in [0, 0.05) is 16.5 Å². The van der Waals surface area contributed by atoms with Crippen molar-refractivity contribution in [1.29, 1.82) is 0 Å². The number of rotatable bonds is 2. The van der Waals surface area contributed by atoms with Crippen molar-refractivity contribution in [2.75, 3.05) is 5.32 Å². The number of fused-ring (bicyclic) bond motifs is 2. The highest BCUT2D eigenvalue weighted by atomic mass is 19.1. The zero-order valence-corrected chi connectivity index (χ0v) is 12.7. The van der Waals surface area contributed by atoms with Gasteiger partial charge in [0.15, 0.2) is 0 Å². The van der Waals surface area contributed by atoms with E-state index in [1.165, 1.54) is 17.7 Å². The third-order valence-corrected chi connectivity index (χ3v) is 3.95. The second kappa shape index (κ2) is 5.36. The summed E-state index contributed by atoms with van der Waals surface area (Å²) in [5.41, 5.74) is 4.91. The van der Waals surface area contributed by atoms with E-state index in [9.17, 15) is 4.39 Å². The molecule has 0 bridgehead atoms. The maximum absolute atomic E-state index is 13.1. The third-order valence-electron chi connectivity index (χ3n) is 3.95. The molecule has 0 atom stereocenters. The molecule has 0 saturated carbocycles. The second-order valence-corrected chi connectivity index (χ2v) is 5.66. The van der Waals surface area contributed by atoms with Gasteiger partial charge in [-0.3, -0.25) is 0 Å². The molecule has 0 aliphatic carbocycles. The summed E-state index contributed by atoms with van der Waals surface area (Å²) < 4.78 is 13.1. The van der Waals surface area contributed by atoms with Crippen LogP contribution in [0.15, 0.2) is 66.7 Å². The number of nitrogens with one attached hydrogen (secondary N) is 1. The molecule has 23 heavy (non-hydrogen) atoms. The lowest BCUT2D eigenvalue weighted by Gasteiger charge is -2.14. The van der Waals surface area contributed by atoms with Crippen LogP contribution in [0.25, 0.3) is 21.8 Å². The van der Waals surface area contributed by atoms with Crippen LogP contribution in [0.4, 0.5) is 15.8 Å². The van der Waals surface area contributed by atoms with Crippen molar-refractivity contribution >= 4 is 33.2 Å². The quantitative estimate of drug-likeness (QED) is 0.489. The van der Waals surface area contributed by atoms with Gasteiger partial charge in [0.25, 0.3) is 0 Å². The highest BCUT2D eigenvalue weighted by molar-refractivity contribution is 6.08. The maximum atomic E-state index is 13.1. The molecule has 0 aliphatic rings. The molecule has 3 heteroatoms. The number of nitrogens with zero attached hydrogens (tertiary/aromatic N) is 1. The predicted octanol–water partition coefficient (Wildman–Crippen LogP) is 5.58. The molecule has 0 radical (unpaired) electrons. The van der Waals surface area contributed by atoms with Crippen LogP contribution in [0.2, 0.25) is 0 Å². The number of anilines is 2. The van der Waals surface area contributed by atoms with Crippen LogP contribution in [0.5, 0.6) is 0 Å². The SMILES string of the molecule is Cc1ccc2nc3ccccc3c(Nc3ccc(F)cc3)c2c1. The van der Waals surface area contributed by atoms with E-state index in [4.69, 9.17) is 4.98 Å². The van der Waals surface area contributed by atoms with Crippen LogP contribution in [0, 0.1) is 12.7 Å². The van der Waals surface area contributed by atoms with Crippen LogP contribution >= 0.6 is 0 Å². The standard InChI is InChI=1S/C20H15FN2/c1-13-6-11-19-17(12-13)20(16-4-2-3-5-18(16)23-19)22-15-9-7-14(21)8-10-15/h2-12H,1H3,(H,22,23). The van der Waals surface area contributed by atoms with Crippen molar-refractivity contribution < 1.29 is 4.39 Å². The summed E-state index contributed by atoms with van der Waals surface area (Å²) in [5.74, 6) is -0.240. The molecular weight excluding hydrogens is 287 g/mol. The van der Waals surface area contributed by atoms with Gasteiger partial charge in [-0.05, 0) is 49.4 Å². The Kier molecular flexibility index (Phi) is 3.19. The molecule has 3 aromatic carbocycles. The summed E-state index contributed by atoms with van der Waals surface area (Å²) >= 11 is 0. The van der Waals surface area contributed by atoms with E-state index in [1.54, 1.807) is 12.1 Å². The van der Waals surface area contributed by atoms with Crippen LogP contribution < -0.4 is 5.32 Å². The molecule has 112 valence electrons. The minimum Gasteiger partial charge on any atom is -0.354 e. The Hall–Kier alpha value is -2.94. The topological polar surface area (TPSA) is 24.9 Å².